The number of ether oxygens (including phenoxy) is 1. The number of aromatic nitrogens is 1. The molecule has 3 heterocycles. The summed E-state index contributed by atoms with van der Waals surface area (Å²) in [7, 11) is 0. The molecular weight excluding hydrogens is 264 g/mol. The van der Waals surface area contributed by atoms with Crippen LogP contribution in [0.5, 0.6) is 0 Å². The van der Waals surface area contributed by atoms with E-state index in [1.54, 1.807) is 0 Å². The van der Waals surface area contributed by atoms with E-state index in [2.05, 4.69) is 23.3 Å². The molecular formula is C17H16N2O2. The third kappa shape index (κ3) is 2.03. The smallest absolute Gasteiger partial charge is 0.228 e. The van der Waals surface area contributed by atoms with Gasteiger partial charge in [-0.1, -0.05) is 13.0 Å². The van der Waals surface area contributed by atoms with Gasteiger partial charge in [0, 0.05) is 29.6 Å². The quantitative estimate of drug-likeness (QED) is 0.874. The van der Waals surface area contributed by atoms with Crippen LogP contribution in [0.3, 0.4) is 0 Å². The zero-order valence-electron chi connectivity index (χ0n) is 11.8. The predicted octanol–water partition coefficient (Wildman–Crippen LogP) is 2.88. The Hall–Kier alpha value is -2.20. The highest BCUT2D eigenvalue weighted by molar-refractivity contribution is 5.99. The standard InChI is InChI=1S/C17H16N2O2/c1-10-8-21-9-15-13(10)6-18-7-14(15)11-2-3-16-12(4-11)5-17(20)19-16/h2-4,6-7,10H,5,8-9H2,1H3,(H,19,20). The lowest BCUT2D eigenvalue weighted by atomic mass is 9.90. The highest BCUT2D eigenvalue weighted by atomic mass is 16.5. The number of nitrogens with zero attached hydrogens (tertiary/aromatic N) is 1. The number of anilines is 1. The monoisotopic (exact) mass is 280 g/mol. The van der Waals surface area contributed by atoms with Gasteiger partial charge in [-0.25, -0.2) is 0 Å². The van der Waals surface area contributed by atoms with Crippen molar-refractivity contribution in [1.29, 1.82) is 0 Å². The Morgan fingerprint density at radius 2 is 2.24 bits per heavy atom. The molecule has 0 fully saturated rings. The molecule has 1 atom stereocenters. The molecule has 0 saturated carbocycles. The average molecular weight is 280 g/mol. The number of hydrogen-bond acceptors (Lipinski definition) is 3. The maximum absolute atomic E-state index is 11.5. The first-order valence-corrected chi connectivity index (χ1v) is 7.20. The molecule has 1 unspecified atom stereocenters. The maximum atomic E-state index is 11.5. The van der Waals surface area contributed by atoms with Crippen molar-refractivity contribution < 1.29 is 9.53 Å². The summed E-state index contributed by atoms with van der Waals surface area (Å²) in [5.41, 5.74) is 6.69. The summed E-state index contributed by atoms with van der Waals surface area (Å²) in [5, 5.41) is 2.87. The molecule has 0 bridgehead atoms. The lowest BCUT2D eigenvalue weighted by Gasteiger charge is -2.24. The van der Waals surface area contributed by atoms with Gasteiger partial charge in [-0.15, -0.1) is 0 Å². The summed E-state index contributed by atoms with van der Waals surface area (Å²) in [6.45, 7) is 3.54. The minimum absolute atomic E-state index is 0.0623. The number of benzene rings is 1. The maximum Gasteiger partial charge on any atom is 0.228 e. The summed E-state index contributed by atoms with van der Waals surface area (Å²) in [5.74, 6) is 0.436. The molecule has 0 spiro atoms. The minimum Gasteiger partial charge on any atom is -0.376 e. The Morgan fingerprint density at radius 3 is 3.14 bits per heavy atom. The number of amides is 1. The van der Waals surface area contributed by atoms with Gasteiger partial charge in [0.25, 0.3) is 0 Å². The van der Waals surface area contributed by atoms with Crippen molar-refractivity contribution in [3.05, 3.63) is 47.3 Å². The highest BCUT2D eigenvalue weighted by Gasteiger charge is 2.22. The third-order valence-corrected chi connectivity index (χ3v) is 4.28. The van der Waals surface area contributed by atoms with Crippen LogP contribution in [0, 0.1) is 0 Å². The first kappa shape index (κ1) is 12.5. The van der Waals surface area contributed by atoms with Gasteiger partial charge in [-0.05, 0) is 34.4 Å². The van der Waals surface area contributed by atoms with Crippen LogP contribution in [0.2, 0.25) is 0 Å². The average Bonchev–Trinajstić information content (AvgIpc) is 2.86. The van der Waals surface area contributed by atoms with Crippen LogP contribution in [0.4, 0.5) is 5.69 Å². The number of fused-ring (bicyclic) bond motifs is 2. The van der Waals surface area contributed by atoms with E-state index in [1.807, 2.05) is 24.5 Å². The minimum atomic E-state index is 0.0623. The number of rotatable bonds is 1. The van der Waals surface area contributed by atoms with Gasteiger partial charge in [-0.2, -0.15) is 0 Å². The Balaban J connectivity index is 1.83. The second kappa shape index (κ2) is 4.67. The molecule has 1 amide bonds. The summed E-state index contributed by atoms with van der Waals surface area (Å²) in [4.78, 5) is 15.9. The third-order valence-electron chi connectivity index (χ3n) is 4.28. The van der Waals surface area contributed by atoms with E-state index in [1.165, 1.54) is 11.1 Å². The van der Waals surface area contributed by atoms with Crippen molar-refractivity contribution in [1.82, 2.24) is 4.98 Å². The molecule has 4 nitrogen and oxygen atoms in total. The number of carbonyl (C=O) groups excluding carboxylic acids is 1. The fourth-order valence-corrected chi connectivity index (χ4v) is 3.16. The first-order valence-electron chi connectivity index (χ1n) is 7.20. The van der Waals surface area contributed by atoms with Crippen molar-refractivity contribution in [2.45, 2.75) is 25.9 Å². The van der Waals surface area contributed by atoms with E-state index in [9.17, 15) is 4.79 Å². The van der Waals surface area contributed by atoms with Gasteiger partial charge in [0.05, 0.1) is 19.6 Å². The van der Waals surface area contributed by atoms with Crippen LogP contribution < -0.4 is 5.32 Å². The zero-order valence-corrected chi connectivity index (χ0v) is 11.8. The molecule has 0 aliphatic carbocycles. The van der Waals surface area contributed by atoms with E-state index in [-0.39, 0.29) is 5.91 Å². The summed E-state index contributed by atoms with van der Waals surface area (Å²) in [6.07, 6.45) is 4.30. The van der Waals surface area contributed by atoms with E-state index in [0.29, 0.717) is 18.9 Å². The Bertz CT molecular complexity index is 740. The Kier molecular flexibility index (Phi) is 2.79. The molecule has 2 aromatic rings. The van der Waals surface area contributed by atoms with Crippen molar-refractivity contribution in [3.8, 4) is 11.1 Å². The first-order chi connectivity index (χ1) is 10.2. The lowest BCUT2D eigenvalue weighted by Crippen LogP contribution is -2.15. The Labute approximate surface area is 123 Å². The molecule has 4 heteroatoms. The molecule has 2 aliphatic rings. The molecule has 4 rings (SSSR count). The van der Waals surface area contributed by atoms with E-state index >= 15 is 0 Å². The number of nitrogens with one attached hydrogen (secondary N) is 1. The zero-order chi connectivity index (χ0) is 14.4. The van der Waals surface area contributed by atoms with Gasteiger partial charge < -0.3 is 10.1 Å². The largest absolute Gasteiger partial charge is 0.376 e. The second-order valence-electron chi connectivity index (χ2n) is 5.77. The molecule has 1 aromatic heterocycles. The van der Waals surface area contributed by atoms with Crippen LogP contribution in [-0.4, -0.2) is 17.5 Å². The number of carbonyl (C=O) groups is 1. The summed E-state index contributed by atoms with van der Waals surface area (Å²) >= 11 is 0. The van der Waals surface area contributed by atoms with Gasteiger partial charge >= 0.3 is 0 Å². The predicted molar refractivity (Wildman–Crippen MR) is 80.1 cm³/mol. The van der Waals surface area contributed by atoms with Crippen molar-refractivity contribution in [2.24, 2.45) is 0 Å². The fraction of sp³-hybridized carbons (Fsp3) is 0.294. The number of pyridine rings is 1. The van der Waals surface area contributed by atoms with Gasteiger partial charge in [0.1, 0.15) is 0 Å². The topological polar surface area (TPSA) is 51.2 Å². The van der Waals surface area contributed by atoms with Crippen LogP contribution in [0.15, 0.2) is 30.6 Å². The molecule has 0 radical (unpaired) electrons. The van der Waals surface area contributed by atoms with Crippen molar-refractivity contribution >= 4 is 11.6 Å². The number of hydrogen-bond donors (Lipinski definition) is 1. The fourth-order valence-electron chi connectivity index (χ4n) is 3.16. The van der Waals surface area contributed by atoms with Gasteiger partial charge in [-0.3, -0.25) is 9.78 Å². The molecule has 1 N–H and O–H groups in total. The summed E-state index contributed by atoms with van der Waals surface area (Å²) in [6, 6.07) is 6.10. The van der Waals surface area contributed by atoms with E-state index in [0.717, 1.165) is 29.0 Å². The molecule has 2 aliphatic heterocycles. The van der Waals surface area contributed by atoms with Crippen LogP contribution in [0.1, 0.15) is 29.5 Å². The summed E-state index contributed by atoms with van der Waals surface area (Å²) < 4.78 is 5.69. The molecule has 21 heavy (non-hydrogen) atoms. The molecule has 1 aromatic carbocycles. The van der Waals surface area contributed by atoms with Gasteiger partial charge in [0.15, 0.2) is 0 Å². The highest BCUT2D eigenvalue weighted by Crippen LogP contribution is 2.35. The van der Waals surface area contributed by atoms with Crippen LogP contribution in [-0.2, 0) is 22.6 Å². The molecule has 0 saturated heterocycles. The van der Waals surface area contributed by atoms with Crippen LogP contribution >= 0.6 is 0 Å². The normalized spacial score (nSPS) is 19.9. The van der Waals surface area contributed by atoms with Crippen LogP contribution in [0.25, 0.3) is 11.1 Å². The molecule has 106 valence electrons. The second-order valence-corrected chi connectivity index (χ2v) is 5.77. The Morgan fingerprint density at radius 1 is 1.33 bits per heavy atom. The van der Waals surface area contributed by atoms with E-state index in [4.69, 9.17) is 4.74 Å². The van der Waals surface area contributed by atoms with E-state index < -0.39 is 0 Å². The van der Waals surface area contributed by atoms with Crippen molar-refractivity contribution in [2.75, 3.05) is 11.9 Å². The van der Waals surface area contributed by atoms with Crippen molar-refractivity contribution in [3.63, 3.8) is 0 Å². The SMILES string of the molecule is CC1COCc2c(-c3ccc4c(c3)CC(=O)N4)cncc21. The van der Waals surface area contributed by atoms with Gasteiger partial charge in [0.2, 0.25) is 5.91 Å². The lowest BCUT2D eigenvalue weighted by molar-refractivity contribution is -0.115.